The number of aliphatic hydroxyl groups excluding tert-OH is 3. The number of nitrogens with zero attached hydrogens (tertiary/aromatic N) is 1. The van der Waals surface area contributed by atoms with Crippen molar-refractivity contribution in [3.63, 3.8) is 0 Å². The highest BCUT2D eigenvalue weighted by Gasteiger charge is 2.45. The van der Waals surface area contributed by atoms with E-state index in [9.17, 15) is 63.6 Å². The van der Waals surface area contributed by atoms with Gasteiger partial charge in [-0.25, -0.2) is 0 Å². The topological polar surface area (TPSA) is 364 Å². The maximum absolute atomic E-state index is 14.4. The monoisotopic (exact) mass is 902 g/mol. The molecule has 2 bridgehead atoms. The second-order valence-corrected chi connectivity index (χ2v) is 17.0. The number of H-pyrrole nitrogens is 1. The molecular formula is C39H54N10O13S. The maximum atomic E-state index is 14.4. The van der Waals surface area contributed by atoms with Crippen molar-refractivity contribution in [3.8, 4) is 5.75 Å². The predicted octanol–water partition coefficient (Wildman–Crippen LogP) is -4.94. The molecule has 5 rings (SSSR count). The zero-order valence-electron chi connectivity index (χ0n) is 34.8. The van der Waals surface area contributed by atoms with Crippen molar-refractivity contribution in [3.05, 3.63) is 23.8 Å². The second kappa shape index (κ2) is 20.9. The van der Waals surface area contributed by atoms with Crippen molar-refractivity contribution in [1.29, 1.82) is 0 Å². The van der Waals surface area contributed by atoms with Crippen LogP contribution in [-0.2, 0) is 49.6 Å². The summed E-state index contributed by atoms with van der Waals surface area (Å²) in [6, 6.07) is -5.00. The number of aromatic nitrogens is 1. The molecule has 14 N–H and O–H groups in total. The molecule has 344 valence electrons. The van der Waals surface area contributed by atoms with Crippen LogP contribution in [0.5, 0.6) is 5.75 Å². The third-order valence-corrected chi connectivity index (χ3v) is 12.5. The number of thioether (sulfide) groups is 1. The van der Waals surface area contributed by atoms with Crippen molar-refractivity contribution < 1.29 is 63.6 Å². The van der Waals surface area contributed by atoms with E-state index in [1.165, 1.54) is 25.1 Å². The summed E-state index contributed by atoms with van der Waals surface area (Å²) >= 11 is 0.949. The van der Waals surface area contributed by atoms with Crippen LogP contribution in [-0.4, -0.2) is 164 Å². The van der Waals surface area contributed by atoms with Gasteiger partial charge in [-0.3, -0.25) is 43.2 Å². The van der Waals surface area contributed by atoms with Gasteiger partial charge in [-0.05, 0) is 23.6 Å². The first-order valence-corrected chi connectivity index (χ1v) is 21.4. The van der Waals surface area contributed by atoms with Crippen LogP contribution >= 0.6 is 11.8 Å². The standard InChI is InChI=1S/C39H54N10O13S/c1-4-16(2)31-36(60)42-11-29(55)43-25-15-63-38-21(20-6-5-18(51)7-22(20)46-38)9-23(33(57)41-12-30(56)47-31)44-37(61)32(17(3)27(53)14-50)48-35(59)26-8-19(52)13-49(26)39(62)24(10-28(40)54)45-34(25)58/h5-7,16-17,19,23-27,31-32,46,50-53H,4,8-15H2,1-3H3,(H2,40,54)(H,41,57)(H,42,60)(H,43,55)(H,44,61)(H,45,58)(H,47,56)(H,48,59)/t16?,17-,19+,23-,24-,25-,26-,27-,31-,32-/m0/s1. The first-order chi connectivity index (χ1) is 29.8. The molecule has 9 amide bonds. The van der Waals surface area contributed by atoms with Crippen LogP contribution in [0.25, 0.3) is 10.9 Å². The maximum Gasteiger partial charge on any atom is 0.246 e. The molecular weight excluding hydrogens is 849 g/mol. The Morgan fingerprint density at radius 3 is 2.22 bits per heavy atom. The van der Waals surface area contributed by atoms with Gasteiger partial charge in [-0.1, -0.05) is 27.2 Å². The summed E-state index contributed by atoms with van der Waals surface area (Å²) in [5.74, 6) is -10.7. The molecule has 1 fully saturated rings. The second-order valence-electron chi connectivity index (χ2n) is 15.9. The number of benzene rings is 1. The van der Waals surface area contributed by atoms with E-state index < -0.39 is 146 Å². The molecule has 0 saturated carbocycles. The number of amides is 9. The minimum absolute atomic E-state index is 0.146. The summed E-state index contributed by atoms with van der Waals surface area (Å²) in [4.78, 5) is 128. The first kappa shape index (κ1) is 48.1. The number of rotatable bonds is 7. The number of nitrogens with one attached hydrogen (secondary N) is 8. The van der Waals surface area contributed by atoms with Crippen LogP contribution in [0.1, 0.15) is 45.6 Å². The molecule has 1 aromatic carbocycles. The van der Waals surface area contributed by atoms with E-state index in [1.54, 1.807) is 13.8 Å². The fourth-order valence-corrected chi connectivity index (χ4v) is 8.68. The number of carbonyl (C=O) groups is 9. The zero-order valence-corrected chi connectivity index (χ0v) is 35.6. The Morgan fingerprint density at radius 1 is 0.873 bits per heavy atom. The largest absolute Gasteiger partial charge is 0.508 e. The molecule has 10 atom stereocenters. The zero-order chi connectivity index (χ0) is 46.3. The van der Waals surface area contributed by atoms with E-state index >= 15 is 0 Å². The molecule has 2 aromatic rings. The Balaban J connectivity index is 1.70. The average molecular weight is 903 g/mol. The third-order valence-electron chi connectivity index (χ3n) is 11.4. The lowest BCUT2D eigenvalue weighted by atomic mass is 9.93. The number of fused-ring (bicyclic) bond motifs is 5. The summed E-state index contributed by atoms with van der Waals surface area (Å²) in [5, 5.41) is 59.9. The summed E-state index contributed by atoms with van der Waals surface area (Å²) in [6.45, 7) is 2.08. The molecule has 4 heterocycles. The fraction of sp³-hybridized carbons (Fsp3) is 0.564. The Kier molecular flexibility index (Phi) is 16.0. The molecule has 3 aliphatic rings. The molecule has 24 heteroatoms. The highest BCUT2D eigenvalue weighted by Crippen LogP contribution is 2.33. The number of carbonyl (C=O) groups excluding carboxylic acids is 9. The molecule has 0 aliphatic carbocycles. The van der Waals surface area contributed by atoms with Crippen molar-refractivity contribution in [2.75, 3.05) is 32.0 Å². The van der Waals surface area contributed by atoms with Crippen LogP contribution in [0.4, 0.5) is 0 Å². The average Bonchev–Trinajstić information content (AvgIpc) is 3.80. The van der Waals surface area contributed by atoms with Gasteiger partial charge in [-0.15, -0.1) is 11.8 Å². The SMILES string of the molecule is CCC(C)[C@@H]1NC(=O)CNC(=O)[C@@H]2Cc3c([nH]c4cc(O)ccc34)SC[C@H](NC(=O)CNC1=O)C(=O)N[C@@H](CC(N)=O)C(=O)N1C[C@H](O)C[C@H]1C(=O)N[C@@H]([C@@H](C)[C@@H](O)CO)C(=O)N2. The van der Waals surface area contributed by atoms with E-state index in [4.69, 9.17) is 5.73 Å². The lowest BCUT2D eigenvalue weighted by molar-refractivity contribution is -0.144. The molecule has 23 nitrogen and oxygen atoms in total. The van der Waals surface area contributed by atoms with Gasteiger partial charge in [-0.2, -0.15) is 0 Å². The number of aromatic hydroxyl groups is 1. The number of phenols is 1. The van der Waals surface area contributed by atoms with E-state index in [2.05, 4.69) is 42.2 Å². The van der Waals surface area contributed by atoms with Gasteiger partial charge in [0, 0.05) is 42.5 Å². The van der Waals surface area contributed by atoms with E-state index in [0.717, 1.165) is 16.7 Å². The van der Waals surface area contributed by atoms with Gasteiger partial charge in [0.1, 0.15) is 42.0 Å². The normalized spacial score (nSPS) is 27.6. The van der Waals surface area contributed by atoms with Crippen LogP contribution < -0.4 is 43.0 Å². The summed E-state index contributed by atoms with van der Waals surface area (Å²) in [6.07, 6.45) is -4.01. The summed E-state index contributed by atoms with van der Waals surface area (Å²) in [7, 11) is 0. The summed E-state index contributed by atoms with van der Waals surface area (Å²) < 4.78 is 0. The van der Waals surface area contributed by atoms with Crippen molar-refractivity contribution in [2.24, 2.45) is 17.6 Å². The van der Waals surface area contributed by atoms with Gasteiger partial charge in [0.25, 0.3) is 0 Å². The van der Waals surface area contributed by atoms with E-state index in [1.807, 2.05) is 0 Å². The van der Waals surface area contributed by atoms with Gasteiger partial charge < -0.3 is 73.3 Å². The summed E-state index contributed by atoms with van der Waals surface area (Å²) in [5.41, 5.74) is 6.19. The minimum atomic E-state index is -1.75. The van der Waals surface area contributed by atoms with Crippen molar-refractivity contribution in [1.82, 2.24) is 47.1 Å². The highest BCUT2D eigenvalue weighted by molar-refractivity contribution is 7.99. The van der Waals surface area contributed by atoms with Gasteiger partial charge >= 0.3 is 0 Å². The smallest absolute Gasteiger partial charge is 0.246 e. The molecule has 0 radical (unpaired) electrons. The molecule has 63 heavy (non-hydrogen) atoms. The number of hydrogen-bond donors (Lipinski definition) is 13. The predicted molar refractivity (Wildman–Crippen MR) is 222 cm³/mol. The van der Waals surface area contributed by atoms with Crippen molar-refractivity contribution >= 4 is 75.8 Å². The minimum Gasteiger partial charge on any atom is -0.508 e. The number of nitrogens with two attached hydrogens (primary N) is 1. The number of aliphatic hydroxyl groups is 3. The van der Waals surface area contributed by atoms with E-state index in [0.29, 0.717) is 22.9 Å². The van der Waals surface area contributed by atoms with Crippen LogP contribution in [0.15, 0.2) is 23.2 Å². The van der Waals surface area contributed by atoms with E-state index in [-0.39, 0.29) is 29.4 Å². The molecule has 0 spiro atoms. The lowest BCUT2D eigenvalue weighted by Crippen LogP contribution is -2.62. The molecule has 1 unspecified atom stereocenters. The molecule has 1 saturated heterocycles. The Hall–Kier alpha value is -5.98. The van der Waals surface area contributed by atoms with Gasteiger partial charge in [0.15, 0.2) is 0 Å². The first-order valence-electron chi connectivity index (χ1n) is 20.4. The van der Waals surface area contributed by atoms with Crippen molar-refractivity contribution in [2.45, 2.75) is 99.9 Å². The number of primary amides is 1. The lowest BCUT2D eigenvalue weighted by Gasteiger charge is -2.32. The number of phenolic OH excluding ortho intramolecular Hbond substituents is 1. The third kappa shape index (κ3) is 11.7. The fourth-order valence-electron chi connectivity index (χ4n) is 7.56. The Labute approximate surface area is 364 Å². The molecule has 1 aromatic heterocycles. The Bertz CT molecular complexity index is 2120. The van der Waals surface area contributed by atoms with Crippen LogP contribution in [0.3, 0.4) is 0 Å². The van der Waals surface area contributed by atoms with Gasteiger partial charge in [0.05, 0.1) is 48.9 Å². The number of hydrogen-bond acceptors (Lipinski definition) is 14. The number of aromatic amines is 1. The highest BCUT2D eigenvalue weighted by atomic mass is 32.2. The Morgan fingerprint density at radius 2 is 1.56 bits per heavy atom. The van der Waals surface area contributed by atoms with Crippen LogP contribution in [0, 0.1) is 11.8 Å². The quantitative estimate of drug-likeness (QED) is 0.124. The van der Waals surface area contributed by atoms with Crippen LogP contribution in [0.2, 0.25) is 0 Å². The molecule has 3 aliphatic heterocycles. The van der Waals surface area contributed by atoms with Gasteiger partial charge in [0.2, 0.25) is 53.2 Å².